The second-order valence-electron chi connectivity index (χ2n) is 7.07. The van der Waals surface area contributed by atoms with Crippen LogP contribution in [0.4, 0.5) is 5.69 Å². The minimum atomic E-state index is -0.151. The molecule has 1 fully saturated rings. The summed E-state index contributed by atoms with van der Waals surface area (Å²) in [6, 6.07) is 7.29. The van der Waals surface area contributed by atoms with Crippen molar-refractivity contribution in [2.24, 2.45) is 13.0 Å². The van der Waals surface area contributed by atoms with Crippen LogP contribution in [0.5, 0.6) is 0 Å². The molecule has 8 heteroatoms. The molecule has 1 aliphatic carbocycles. The van der Waals surface area contributed by atoms with Crippen molar-refractivity contribution in [3.63, 3.8) is 0 Å². The molecule has 2 amide bonds. The van der Waals surface area contributed by atoms with Gasteiger partial charge in [-0.25, -0.2) is 0 Å². The molecule has 27 heavy (non-hydrogen) atoms. The number of carbonyl (C=O) groups excluding carboxylic acids is 2. The predicted octanol–water partition coefficient (Wildman–Crippen LogP) is 2.85. The van der Waals surface area contributed by atoms with Crippen LogP contribution in [-0.4, -0.2) is 38.4 Å². The van der Waals surface area contributed by atoms with Gasteiger partial charge in [0.2, 0.25) is 5.91 Å². The minimum Gasteiger partial charge on any atom is -0.349 e. The first-order chi connectivity index (χ1) is 13.0. The number of aryl methyl sites for hydroxylation is 1. The van der Waals surface area contributed by atoms with Gasteiger partial charge in [-0.15, -0.1) is 10.2 Å². The van der Waals surface area contributed by atoms with Crippen molar-refractivity contribution in [2.45, 2.75) is 43.8 Å². The zero-order chi connectivity index (χ0) is 19.2. The summed E-state index contributed by atoms with van der Waals surface area (Å²) in [6.45, 7) is 2.26. The maximum Gasteiger partial charge on any atom is 0.251 e. The summed E-state index contributed by atoms with van der Waals surface area (Å²) < 4.78 is 1.76. The molecule has 2 N–H and O–H groups in total. The number of aromatic nitrogens is 3. The zero-order valence-corrected chi connectivity index (χ0v) is 16.5. The van der Waals surface area contributed by atoms with E-state index in [1.54, 1.807) is 35.2 Å². The Balaban J connectivity index is 1.52. The van der Waals surface area contributed by atoms with E-state index in [0.29, 0.717) is 16.4 Å². The van der Waals surface area contributed by atoms with Crippen LogP contribution in [0.15, 0.2) is 35.7 Å². The second kappa shape index (κ2) is 9.03. The van der Waals surface area contributed by atoms with E-state index in [0.717, 1.165) is 31.6 Å². The van der Waals surface area contributed by atoms with E-state index in [2.05, 4.69) is 27.8 Å². The highest BCUT2D eigenvalue weighted by molar-refractivity contribution is 7.99. The smallest absolute Gasteiger partial charge is 0.251 e. The SMILES string of the molecule is CC1CCC(NC(=O)c2cccc(NC(=O)CSc3nncn3C)c2)CC1. The summed E-state index contributed by atoms with van der Waals surface area (Å²) in [4.78, 5) is 24.7. The van der Waals surface area contributed by atoms with Crippen LogP contribution in [0.2, 0.25) is 0 Å². The molecular formula is C19H25N5O2S. The Labute approximate surface area is 163 Å². The molecule has 0 bridgehead atoms. The molecule has 0 saturated heterocycles. The summed E-state index contributed by atoms with van der Waals surface area (Å²) in [7, 11) is 1.83. The Bertz CT molecular complexity index is 799. The third-order valence-electron chi connectivity index (χ3n) is 4.76. The van der Waals surface area contributed by atoms with E-state index in [1.165, 1.54) is 11.8 Å². The van der Waals surface area contributed by atoms with Gasteiger partial charge in [0.1, 0.15) is 6.33 Å². The van der Waals surface area contributed by atoms with Crippen molar-refractivity contribution >= 4 is 29.3 Å². The highest BCUT2D eigenvalue weighted by atomic mass is 32.2. The maximum absolute atomic E-state index is 12.5. The van der Waals surface area contributed by atoms with Crippen molar-refractivity contribution < 1.29 is 9.59 Å². The molecule has 0 atom stereocenters. The van der Waals surface area contributed by atoms with E-state index in [4.69, 9.17) is 0 Å². The fourth-order valence-corrected chi connectivity index (χ4v) is 3.83. The number of nitrogens with zero attached hydrogens (tertiary/aromatic N) is 3. The van der Waals surface area contributed by atoms with Gasteiger partial charge < -0.3 is 15.2 Å². The second-order valence-corrected chi connectivity index (χ2v) is 8.01. The maximum atomic E-state index is 12.5. The lowest BCUT2D eigenvalue weighted by atomic mass is 9.87. The van der Waals surface area contributed by atoms with Gasteiger partial charge in [-0.3, -0.25) is 9.59 Å². The van der Waals surface area contributed by atoms with Crippen molar-refractivity contribution in [3.8, 4) is 0 Å². The Kier molecular flexibility index (Phi) is 6.49. The summed E-state index contributed by atoms with van der Waals surface area (Å²) in [6.07, 6.45) is 5.97. The Hall–Kier alpha value is -2.35. The largest absolute Gasteiger partial charge is 0.349 e. The minimum absolute atomic E-state index is 0.0842. The fourth-order valence-electron chi connectivity index (χ4n) is 3.14. The first-order valence-electron chi connectivity index (χ1n) is 9.19. The quantitative estimate of drug-likeness (QED) is 0.744. The first-order valence-corrected chi connectivity index (χ1v) is 10.2. The number of rotatable bonds is 6. The molecule has 0 aliphatic heterocycles. The summed E-state index contributed by atoms with van der Waals surface area (Å²) >= 11 is 1.31. The molecule has 144 valence electrons. The molecule has 1 heterocycles. The highest BCUT2D eigenvalue weighted by Crippen LogP contribution is 2.24. The lowest BCUT2D eigenvalue weighted by molar-refractivity contribution is -0.113. The number of hydrogen-bond donors (Lipinski definition) is 2. The highest BCUT2D eigenvalue weighted by Gasteiger charge is 2.20. The Morgan fingerprint density at radius 2 is 2.04 bits per heavy atom. The van der Waals surface area contributed by atoms with E-state index >= 15 is 0 Å². The van der Waals surface area contributed by atoms with Gasteiger partial charge in [-0.1, -0.05) is 24.8 Å². The molecular weight excluding hydrogens is 362 g/mol. The number of anilines is 1. The Morgan fingerprint density at radius 3 is 2.74 bits per heavy atom. The van der Waals surface area contributed by atoms with Crippen molar-refractivity contribution in [1.29, 1.82) is 0 Å². The normalized spacial score (nSPS) is 19.5. The monoisotopic (exact) mass is 387 g/mol. The van der Waals surface area contributed by atoms with Crippen LogP contribution < -0.4 is 10.6 Å². The number of thioether (sulfide) groups is 1. The summed E-state index contributed by atoms with van der Waals surface area (Å²) in [5.74, 6) is 0.737. The van der Waals surface area contributed by atoms with E-state index < -0.39 is 0 Å². The number of hydrogen-bond acceptors (Lipinski definition) is 5. The Morgan fingerprint density at radius 1 is 1.26 bits per heavy atom. The van der Waals surface area contributed by atoms with Crippen LogP contribution in [0.3, 0.4) is 0 Å². The summed E-state index contributed by atoms with van der Waals surface area (Å²) in [5.41, 5.74) is 1.18. The van der Waals surface area contributed by atoms with Gasteiger partial charge >= 0.3 is 0 Å². The van der Waals surface area contributed by atoms with Gasteiger partial charge in [-0.05, 0) is 49.8 Å². The fraction of sp³-hybridized carbons (Fsp3) is 0.474. The number of carbonyl (C=O) groups is 2. The zero-order valence-electron chi connectivity index (χ0n) is 15.6. The van der Waals surface area contributed by atoms with Gasteiger partial charge in [0.15, 0.2) is 5.16 Å². The van der Waals surface area contributed by atoms with Gasteiger partial charge in [0.05, 0.1) is 5.75 Å². The lowest BCUT2D eigenvalue weighted by Gasteiger charge is -2.26. The van der Waals surface area contributed by atoms with Crippen LogP contribution in [0.1, 0.15) is 43.0 Å². The molecule has 1 saturated carbocycles. The van der Waals surface area contributed by atoms with Gasteiger partial charge in [-0.2, -0.15) is 0 Å². The molecule has 0 spiro atoms. The van der Waals surface area contributed by atoms with E-state index in [1.807, 2.05) is 7.05 Å². The van der Waals surface area contributed by atoms with Crippen LogP contribution >= 0.6 is 11.8 Å². The van der Waals surface area contributed by atoms with Crippen molar-refractivity contribution in [3.05, 3.63) is 36.2 Å². The van der Waals surface area contributed by atoms with Crippen LogP contribution in [0.25, 0.3) is 0 Å². The molecule has 2 aromatic rings. The number of benzene rings is 1. The predicted molar refractivity (Wildman–Crippen MR) is 106 cm³/mol. The standard InChI is InChI=1S/C19H25N5O2S/c1-13-6-8-15(9-7-13)22-18(26)14-4-3-5-16(10-14)21-17(25)11-27-19-23-20-12-24(19)2/h3-5,10,12-13,15H,6-9,11H2,1-2H3,(H,21,25)(H,22,26). The average Bonchev–Trinajstić information content (AvgIpc) is 3.07. The molecule has 1 aromatic carbocycles. The van der Waals surface area contributed by atoms with Gasteiger partial charge in [0.25, 0.3) is 5.91 Å². The number of amides is 2. The van der Waals surface area contributed by atoms with E-state index in [-0.39, 0.29) is 23.6 Å². The number of nitrogens with one attached hydrogen (secondary N) is 2. The van der Waals surface area contributed by atoms with E-state index in [9.17, 15) is 9.59 Å². The van der Waals surface area contributed by atoms with Crippen LogP contribution in [0, 0.1) is 5.92 Å². The average molecular weight is 388 g/mol. The summed E-state index contributed by atoms with van der Waals surface area (Å²) in [5, 5.41) is 14.3. The van der Waals surface area contributed by atoms with Crippen LogP contribution in [-0.2, 0) is 11.8 Å². The third-order valence-corrected chi connectivity index (χ3v) is 5.80. The van der Waals surface area contributed by atoms with Gasteiger partial charge in [0, 0.05) is 24.3 Å². The first kappa shape index (κ1) is 19.4. The van der Waals surface area contributed by atoms with Crippen molar-refractivity contribution in [2.75, 3.05) is 11.1 Å². The molecule has 0 radical (unpaired) electrons. The molecule has 0 unspecified atom stereocenters. The lowest BCUT2D eigenvalue weighted by Crippen LogP contribution is -2.37. The van der Waals surface area contributed by atoms with Crippen molar-refractivity contribution in [1.82, 2.24) is 20.1 Å². The molecule has 7 nitrogen and oxygen atoms in total. The molecule has 3 rings (SSSR count). The molecule has 1 aromatic heterocycles. The third kappa shape index (κ3) is 5.56. The topological polar surface area (TPSA) is 88.9 Å². The molecule has 1 aliphatic rings.